The first-order valence-corrected chi connectivity index (χ1v) is 8.27. The maximum Gasteiger partial charge on any atom is 0.346 e. The summed E-state index contributed by atoms with van der Waals surface area (Å²) in [5.41, 5.74) is -0.215. The summed E-state index contributed by atoms with van der Waals surface area (Å²) in [4.78, 5) is 26.5. The van der Waals surface area contributed by atoms with E-state index in [0.717, 1.165) is 45.7 Å². The molecular formula is C16H23NO6. The summed E-state index contributed by atoms with van der Waals surface area (Å²) in [5, 5.41) is 10.1. The summed E-state index contributed by atoms with van der Waals surface area (Å²) in [7, 11) is 0. The number of morpholine rings is 1. The van der Waals surface area contributed by atoms with Gasteiger partial charge in [0.1, 0.15) is 17.4 Å². The van der Waals surface area contributed by atoms with Gasteiger partial charge in [0.2, 0.25) is 5.78 Å². The molecule has 7 nitrogen and oxygen atoms in total. The summed E-state index contributed by atoms with van der Waals surface area (Å²) < 4.78 is 15.8. The number of aliphatic hydroxyl groups excluding tert-OH is 1. The van der Waals surface area contributed by atoms with Crippen molar-refractivity contribution in [2.75, 3.05) is 39.5 Å². The van der Waals surface area contributed by atoms with Crippen molar-refractivity contribution in [3.63, 3.8) is 0 Å². The second-order valence-corrected chi connectivity index (χ2v) is 6.12. The Labute approximate surface area is 135 Å². The van der Waals surface area contributed by atoms with E-state index in [1.165, 1.54) is 0 Å². The summed E-state index contributed by atoms with van der Waals surface area (Å²) in [6.45, 7) is 4.64. The highest BCUT2D eigenvalue weighted by Gasteiger charge is 2.42. The molecule has 3 aliphatic heterocycles. The quantitative estimate of drug-likeness (QED) is 0.342. The molecule has 0 spiro atoms. The number of Topliss-reactive ketones (excluding diaryl/α,β-unsaturated/α-hetero) is 1. The zero-order valence-electron chi connectivity index (χ0n) is 13.2. The predicted molar refractivity (Wildman–Crippen MR) is 80.0 cm³/mol. The zero-order valence-corrected chi connectivity index (χ0v) is 13.2. The van der Waals surface area contributed by atoms with Crippen LogP contribution in [-0.4, -0.2) is 73.4 Å². The molecule has 0 aliphatic carbocycles. The molecule has 7 heteroatoms. The number of hydrogen-bond acceptors (Lipinski definition) is 7. The van der Waals surface area contributed by atoms with Crippen LogP contribution >= 0.6 is 0 Å². The molecule has 0 aromatic rings. The fourth-order valence-corrected chi connectivity index (χ4v) is 3.20. The Balaban J connectivity index is 1.54. The molecule has 0 aromatic carbocycles. The average molecular weight is 325 g/mol. The van der Waals surface area contributed by atoms with Crippen molar-refractivity contribution in [2.24, 2.45) is 0 Å². The van der Waals surface area contributed by atoms with E-state index >= 15 is 0 Å². The van der Waals surface area contributed by atoms with Crippen LogP contribution < -0.4 is 0 Å². The van der Waals surface area contributed by atoms with Gasteiger partial charge < -0.3 is 19.3 Å². The van der Waals surface area contributed by atoms with Crippen LogP contribution in [0.5, 0.6) is 0 Å². The molecule has 3 saturated heterocycles. The smallest absolute Gasteiger partial charge is 0.346 e. The molecule has 1 N–H and O–H groups in total. The molecule has 128 valence electrons. The Hall–Kier alpha value is -1.44. The van der Waals surface area contributed by atoms with E-state index < -0.39 is 24.0 Å². The maximum absolute atomic E-state index is 12.3. The van der Waals surface area contributed by atoms with Crippen LogP contribution in [-0.2, 0) is 23.8 Å². The Morgan fingerprint density at radius 1 is 1.22 bits per heavy atom. The van der Waals surface area contributed by atoms with Crippen LogP contribution in [0.2, 0.25) is 0 Å². The highest BCUT2D eigenvalue weighted by atomic mass is 16.6. The van der Waals surface area contributed by atoms with Gasteiger partial charge in [-0.25, -0.2) is 4.79 Å². The molecule has 0 radical (unpaired) electrons. The highest BCUT2D eigenvalue weighted by Crippen LogP contribution is 2.27. The van der Waals surface area contributed by atoms with Gasteiger partial charge in [0.25, 0.3) is 0 Å². The monoisotopic (exact) mass is 325 g/mol. The van der Waals surface area contributed by atoms with E-state index in [9.17, 15) is 14.7 Å². The molecule has 23 heavy (non-hydrogen) atoms. The van der Waals surface area contributed by atoms with Crippen LogP contribution in [0.25, 0.3) is 0 Å². The van der Waals surface area contributed by atoms with Crippen molar-refractivity contribution < 1.29 is 28.9 Å². The average Bonchev–Trinajstić information content (AvgIpc) is 3.17. The third-order valence-electron chi connectivity index (χ3n) is 4.53. The van der Waals surface area contributed by atoms with Crippen LogP contribution in [0.3, 0.4) is 0 Å². The van der Waals surface area contributed by atoms with Gasteiger partial charge in [-0.1, -0.05) is 0 Å². The zero-order chi connectivity index (χ0) is 16.2. The number of rotatable bonds is 5. The van der Waals surface area contributed by atoms with Gasteiger partial charge in [0, 0.05) is 19.7 Å². The first-order chi connectivity index (χ1) is 11.2. The number of ketones is 1. The van der Waals surface area contributed by atoms with E-state index in [1.54, 1.807) is 0 Å². The number of nitrogens with zero attached hydrogens (tertiary/aromatic N) is 1. The number of ether oxygens (including phenoxy) is 3. The lowest BCUT2D eigenvalue weighted by Crippen LogP contribution is -2.37. The van der Waals surface area contributed by atoms with Crippen molar-refractivity contribution in [1.29, 1.82) is 0 Å². The summed E-state index contributed by atoms with van der Waals surface area (Å²) in [5.74, 6) is -1.39. The second-order valence-electron chi connectivity index (χ2n) is 6.12. The van der Waals surface area contributed by atoms with E-state index in [1.807, 2.05) is 0 Å². The van der Waals surface area contributed by atoms with Gasteiger partial charge in [-0.15, -0.1) is 0 Å². The van der Waals surface area contributed by atoms with Gasteiger partial charge in [-0.3, -0.25) is 9.69 Å². The molecule has 2 atom stereocenters. The highest BCUT2D eigenvalue weighted by molar-refractivity contribution is 6.23. The summed E-state index contributed by atoms with van der Waals surface area (Å²) in [6, 6.07) is 0. The fourth-order valence-electron chi connectivity index (χ4n) is 3.20. The van der Waals surface area contributed by atoms with E-state index in [2.05, 4.69) is 4.90 Å². The Bertz CT molecular complexity index is 491. The molecule has 0 saturated carbocycles. The van der Waals surface area contributed by atoms with Gasteiger partial charge >= 0.3 is 5.97 Å². The van der Waals surface area contributed by atoms with Crippen LogP contribution in [0, 0.1) is 0 Å². The number of aliphatic hydroxyl groups is 1. The molecule has 3 aliphatic rings. The van der Waals surface area contributed by atoms with Gasteiger partial charge in [-0.2, -0.15) is 0 Å². The summed E-state index contributed by atoms with van der Waals surface area (Å²) >= 11 is 0. The second kappa shape index (κ2) is 7.42. The third kappa shape index (κ3) is 3.73. The SMILES string of the molecule is O=C1OC(CCCN2CCOCC2)C(=O)/C1=C(\O)C1CCCO1. The minimum Gasteiger partial charge on any atom is -0.508 e. The molecule has 3 rings (SSSR count). The number of esters is 1. The molecule has 0 aromatic heterocycles. The van der Waals surface area contributed by atoms with Crippen molar-refractivity contribution >= 4 is 11.8 Å². The van der Waals surface area contributed by atoms with Gasteiger partial charge in [0.15, 0.2) is 6.10 Å². The minimum absolute atomic E-state index is 0.215. The number of hydrogen-bond donors (Lipinski definition) is 1. The van der Waals surface area contributed by atoms with Crippen molar-refractivity contribution in [2.45, 2.75) is 37.9 Å². The van der Waals surface area contributed by atoms with Crippen LogP contribution in [0.1, 0.15) is 25.7 Å². The fraction of sp³-hybridized carbons (Fsp3) is 0.750. The normalized spacial score (nSPS) is 31.5. The molecule has 0 amide bonds. The lowest BCUT2D eigenvalue weighted by atomic mass is 10.0. The van der Waals surface area contributed by atoms with E-state index in [0.29, 0.717) is 19.4 Å². The van der Waals surface area contributed by atoms with Crippen LogP contribution in [0.15, 0.2) is 11.3 Å². The molecular weight excluding hydrogens is 302 g/mol. The van der Waals surface area contributed by atoms with E-state index in [4.69, 9.17) is 14.2 Å². The molecule has 0 bridgehead atoms. The lowest BCUT2D eigenvalue weighted by molar-refractivity contribution is -0.141. The molecule has 2 unspecified atom stereocenters. The maximum atomic E-state index is 12.3. The molecule has 3 heterocycles. The van der Waals surface area contributed by atoms with Crippen molar-refractivity contribution in [3.8, 4) is 0 Å². The standard InChI is InChI=1S/C16H23NO6/c18-14(11-4-2-8-22-11)13-15(19)12(23-16(13)20)3-1-5-17-6-9-21-10-7-17/h11-12,18H,1-10H2/b14-13+. The largest absolute Gasteiger partial charge is 0.508 e. The van der Waals surface area contributed by atoms with E-state index in [-0.39, 0.29) is 11.3 Å². The first-order valence-electron chi connectivity index (χ1n) is 8.27. The topological polar surface area (TPSA) is 85.3 Å². The number of carbonyl (C=O) groups is 2. The van der Waals surface area contributed by atoms with Gasteiger partial charge in [0.05, 0.1) is 13.2 Å². The van der Waals surface area contributed by atoms with Crippen LogP contribution in [0.4, 0.5) is 0 Å². The lowest BCUT2D eigenvalue weighted by Gasteiger charge is -2.26. The Kier molecular flexibility index (Phi) is 5.30. The Morgan fingerprint density at radius 3 is 2.70 bits per heavy atom. The summed E-state index contributed by atoms with van der Waals surface area (Å²) in [6.07, 6.45) is 1.35. The molecule has 3 fully saturated rings. The van der Waals surface area contributed by atoms with Crippen molar-refractivity contribution in [3.05, 3.63) is 11.3 Å². The Morgan fingerprint density at radius 2 is 2.00 bits per heavy atom. The van der Waals surface area contributed by atoms with Gasteiger partial charge in [-0.05, 0) is 32.2 Å². The number of carbonyl (C=O) groups excluding carboxylic acids is 2. The minimum atomic E-state index is -0.776. The number of cyclic esters (lactones) is 1. The van der Waals surface area contributed by atoms with Crippen molar-refractivity contribution in [1.82, 2.24) is 4.90 Å². The first kappa shape index (κ1) is 16.4. The predicted octanol–water partition coefficient (Wildman–Crippen LogP) is 0.584. The third-order valence-corrected chi connectivity index (χ3v) is 4.53.